The van der Waals surface area contributed by atoms with Gasteiger partial charge in [-0.25, -0.2) is 0 Å². The van der Waals surface area contributed by atoms with Crippen LogP contribution >= 0.6 is 0 Å². The Morgan fingerprint density at radius 1 is 1.00 bits per heavy atom. The van der Waals surface area contributed by atoms with E-state index in [2.05, 4.69) is 27.0 Å². The van der Waals surface area contributed by atoms with Gasteiger partial charge in [-0.1, -0.05) is 5.16 Å². The van der Waals surface area contributed by atoms with E-state index in [1.807, 2.05) is 0 Å². The molecule has 7 nitrogen and oxygen atoms in total. The van der Waals surface area contributed by atoms with Crippen molar-refractivity contribution in [3.8, 4) is 0 Å². The Balaban J connectivity index is 1.15. The molecule has 0 spiro atoms. The first-order chi connectivity index (χ1) is 14.2. The number of carbonyl (C=O) groups is 1. The van der Waals surface area contributed by atoms with Gasteiger partial charge in [0.1, 0.15) is 0 Å². The highest BCUT2D eigenvalue weighted by atomic mass is 16.5. The topological polar surface area (TPSA) is 71.7 Å². The Labute approximate surface area is 174 Å². The van der Waals surface area contributed by atoms with Gasteiger partial charge < -0.3 is 19.1 Å². The summed E-state index contributed by atoms with van der Waals surface area (Å²) in [6, 6.07) is 0. The molecule has 3 aliphatic heterocycles. The minimum Gasteiger partial charge on any atom is -0.381 e. The van der Waals surface area contributed by atoms with E-state index in [0.29, 0.717) is 23.7 Å². The molecule has 0 N–H and O–H groups in total. The van der Waals surface area contributed by atoms with Crippen LogP contribution in [-0.2, 0) is 16.0 Å². The van der Waals surface area contributed by atoms with Crippen molar-refractivity contribution in [2.24, 2.45) is 11.8 Å². The Hall–Kier alpha value is -1.47. The molecule has 162 valence electrons. The van der Waals surface area contributed by atoms with Crippen molar-refractivity contribution in [1.82, 2.24) is 19.9 Å². The minimum atomic E-state index is 0.371. The van der Waals surface area contributed by atoms with E-state index in [4.69, 9.17) is 9.26 Å². The number of aryl methyl sites for hydroxylation is 1. The maximum absolute atomic E-state index is 12.7. The van der Waals surface area contributed by atoms with Gasteiger partial charge in [0.15, 0.2) is 5.82 Å². The highest BCUT2D eigenvalue weighted by molar-refractivity contribution is 5.76. The number of ether oxygens (including phenoxy) is 1. The van der Waals surface area contributed by atoms with Gasteiger partial charge >= 0.3 is 0 Å². The van der Waals surface area contributed by atoms with E-state index in [-0.39, 0.29) is 0 Å². The average Bonchev–Trinajstić information content (AvgIpc) is 3.24. The second-order valence-electron chi connectivity index (χ2n) is 9.25. The van der Waals surface area contributed by atoms with Crippen LogP contribution in [0.5, 0.6) is 0 Å². The third-order valence-corrected chi connectivity index (χ3v) is 7.11. The molecule has 4 rings (SSSR count). The highest BCUT2D eigenvalue weighted by Gasteiger charge is 2.27. The fraction of sp³-hybridized carbons (Fsp3) is 0.864. The Kier molecular flexibility index (Phi) is 7.19. The molecule has 29 heavy (non-hydrogen) atoms. The molecule has 3 fully saturated rings. The van der Waals surface area contributed by atoms with E-state index in [1.165, 1.54) is 12.8 Å². The predicted molar refractivity (Wildman–Crippen MR) is 110 cm³/mol. The number of aromatic nitrogens is 2. The van der Waals surface area contributed by atoms with E-state index < -0.39 is 0 Å². The van der Waals surface area contributed by atoms with E-state index >= 15 is 0 Å². The molecule has 0 radical (unpaired) electrons. The summed E-state index contributed by atoms with van der Waals surface area (Å²) < 4.78 is 10.9. The molecule has 1 amide bonds. The molecule has 0 unspecified atom stereocenters. The number of piperidine rings is 2. The molecule has 1 aromatic rings. The van der Waals surface area contributed by atoms with Crippen molar-refractivity contribution >= 4 is 5.91 Å². The molecule has 3 aliphatic rings. The smallest absolute Gasteiger partial charge is 0.226 e. The summed E-state index contributed by atoms with van der Waals surface area (Å²) in [4.78, 5) is 21.8. The highest BCUT2D eigenvalue weighted by Crippen LogP contribution is 2.27. The van der Waals surface area contributed by atoms with Gasteiger partial charge in [0.2, 0.25) is 11.8 Å². The largest absolute Gasteiger partial charge is 0.381 e. The lowest BCUT2D eigenvalue weighted by atomic mass is 9.90. The third-order valence-electron chi connectivity index (χ3n) is 7.11. The quantitative estimate of drug-likeness (QED) is 0.726. The standard InChI is InChI=1S/C22H36N4O3/c1-25-10-4-18(5-11-25)16-21(27)26-12-6-17(7-13-26)2-3-20-23-22(24-29-20)19-8-14-28-15-9-19/h17-19H,2-16H2,1H3. The molecule has 3 saturated heterocycles. The molecule has 0 atom stereocenters. The summed E-state index contributed by atoms with van der Waals surface area (Å²) in [7, 11) is 2.17. The number of hydrogen-bond donors (Lipinski definition) is 0. The van der Waals surface area contributed by atoms with Crippen molar-refractivity contribution in [3.05, 3.63) is 11.7 Å². The average molecular weight is 405 g/mol. The number of likely N-dealkylation sites (tertiary alicyclic amines) is 2. The van der Waals surface area contributed by atoms with Crippen LogP contribution in [-0.4, -0.2) is 72.3 Å². The number of hydrogen-bond acceptors (Lipinski definition) is 6. The summed E-state index contributed by atoms with van der Waals surface area (Å²) in [6.45, 7) is 5.67. The van der Waals surface area contributed by atoms with Gasteiger partial charge in [0.05, 0.1) is 0 Å². The van der Waals surface area contributed by atoms with Crippen LogP contribution in [0.1, 0.15) is 69.0 Å². The van der Waals surface area contributed by atoms with Crippen LogP contribution in [0.2, 0.25) is 0 Å². The summed E-state index contributed by atoms with van der Waals surface area (Å²) in [5.41, 5.74) is 0. The molecule has 0 aliphatic carbocycles. The van der Waals surface area contributed by atoms with E-state index in [0.717, 1.165) is 96.1 Å². The number of nitrogens with zero attached hydrogens (tertiary/aromatic N) is 4. The SMILES string of the molecule is CN1CCC(CC(=O)N2CCC(CCc3nc(C4CCOCC4)no3)CC2)CC1. The maximum Gasteiger partial charge on any atom is 0.226 e. The molecule has 4 heterocycles. The molecular formula is C22H36N4O3. The van der Waals surface area contributed by atoms with Crippen LogP contribution in [0.15, 0.2) is 4.52 Å². The summed E-state index contributed by atoms with van der Waals surface area (Å²) in [5.74, 6) is 3.63. The number of amides is 1. The van der Waals surface area contributed by atoms with Gasteiger partial charge in [-0.3, -0.25) is 4.79 Å². The van der Waals surface area contributed by atoms with E-state index in [9.17, 15) is 4.79 Å². The summed E-state index contributed by atoms with van der Waals surface area (Å²) >= 11 is 0. The maximum atomic E-state index is 12.7. The van der Waals surface area contributed by atoms with Gasteiger partial charge in [0, 0.05) is 45.1 Å². The Morgan fingerprint density at radius 2 is 1.69 bits per heavy atom. The van der Waals surface area contributed by atoms with Gasteiger partial charge in [-0.15, -0.1) is 0 Å². The predicted octanol–water partition coefficient (Wildman–Crippen LogP) is 2.87. The molecule has 1 aromatic heterocycles. The number of carbonyl (C=O) groups excluding carboxylic acids is 1. The minimum absolute atomic E-state index is 0.371. The molecule has 0 bridgehead atoms. The van der Waals surface area contributed by atoms with Crippen LogP contribution in [0.4, 0.5) is 0 Å². The number of rotatable bonds is 6. The summed E-state index contributed by atoms with van der Waals surface area (Å²) in [5, 5.41) is 4.20. The van der Waals surface area contributed by atoms with Crippen LogP contribution in [0, 0.1) is 11.8 Å². The van der Waals surface area contributed by atoms with Gasteiger partial charge in [-0.05, 0) is 76.9 Å². The second-order valence-corrected chi connectivity index (χ2v) is 9.25. The molecule has 7 heteroatoms. The van der Waals surface area contributed by atoms with Gasteiger partial charge in [-0.2, -0.15) is 4.98 Å². The lowest BCUT2D eigenvalue weighted by Gasteiger charge is -2.34. The fourth-order valence-corrected chi connectivity index (χ4v) is 4.93. The first-order valence-electron chi connectivity index (χ1n) is 11.5. The summed E-state index contributed by atoms with van der Waals surface area (Å²) in [6.07, 6.45) is 9.18. The van der Waals surface area contributed by atoms with Crippen LogP contribution in [0.3, 0.4) is 0 Å². The lowest BCUT2D eigenvalue weighted by molar-refractivity contribution is -0.134. The van der Waals surface area contributed by atoms with Crippen molar-refractivity contribution in [2.45, 2.75) is 63.7 Å². The Morgan fingerprint density at radius 3 is 2.41 bits per heavy atom. The van der Waals surface area contributed by atoms with Crippen LogP contribution < -0.4 is 0 Å². The van der Waals surface area contributed by atoms with Crippen molar-refractivity contribution < 1.29 is 14.1 Å². The molecule has 0 aromatic carbocycles. The van der Waals surface area contributed by atoms with Crippen molar-refractivity contribution in [3.63, 3.8) is 0 Å². The molecule has 0 saturated carbocycles. The monoisotopic (exact) mass is 404 g/mol. The normalized spacial score (nSPS) is 23.6. The fourth-order valence-electron chi connectivity index (χ4n) is 4.93. The lowest BCUT2D eigenvalue weighted by Crippen LogP contribution is -2.40. The zero-order chi connectivity index (χ0) is 20.1. The Bertz CT molecular complexity index is 642. The van der Waals surface area contributed by atoms with Crippen molar-refractivity contribution in [2.75, 3.05) is 46.4 Å². The zero-order valence-electron chi connectivity index (χ0n) is 17.9. The van der Waals surface area contributed by atoms with Gasteiger partial charge in [0.25, 0.3) is 0 Å². The van der Waals surface area contributed by atoms with E-state index in [1.54, 1.807) is 0 Å². The first kappa shape index (κ1) is 20.8. The third kappa shape index (κ3) is 5.79. The zero-order valence-corrected chi connectivity index (χ0v) is 17.9. The second kappa shape index (κ2) is 10.0. The molecular weight excluding hydrogens is 368 g/mol. The van der Waals surface area contributed by atoms with Crippen LogP contribution in [0.25, 0.3) is 0 Å². The van der Waals surface area contributed by atoms with Crippen molar-refractivity contribution in [1.29, 1.82) is 0 Å². The first-order valence-corrected chi connectivity index (χ1v) is 11.5.